The summed E-state index contributed by atoms with van der Waals surface area (Å²) >= 11 is 0. The largest absolute Gasteiger partial charge is 0.510 e. The minimum atomic E-state index is -2.36. The van der Waals surface area contributed by atoms with Gasteiger partial charge in [0.2, 0.25) is 24.0 Å². The molecule has 4 rings (SSSR count). The first-order valence-electron chi connectivity index (χ1n) is 21.1. The van der Waals surface area contributed by atoms with Gasteiger partial charge in [-0.2, -0.15) is 0 Å². The molecule has 4 fully saturated rings. The molecule has 22 atom stereocenters. The van der Waals surface area contributed by atoms with Crippen molar-refractivity contribution in [3.05, 3.63) is 11.5 Å². The van der Waals surface area contributed by atoms with Gasteiger partial charge in [-0.3, -0.25) is 14.4 Å². The van der Waals surface area contributed by atoms with Crippen LogP contribution in [0.5, 0.6) is 0 Å². The molecule has 0 aromatic heterocycles. The second-order valence-electron chi connectivity index (χ2n) is 16.3. The second kappa shape index (κ2) is 25.1. The Bertz CT molecular complexity index is 1600. The van der Waals surface area contributed by atoms with E-state index in [9.17, 15) is 85.9 Å². The van der Waals surface area contributed by atoms with E-state index in [1.807, 2.05) is 0 Å². The zero-order valence-corrected chi connectivity index (χ0v) is 36.4. The predicted octanol–water partition coefficient (Wildman–Crippen LogP) is -9.15. The van der Waals surface area contributed by atoms with Crippen molar-refractivity contribution in [1.29, 1.82) is 0 Å². The van der Waals surface area contributed by atoms with Crippen LogP contribution in [-0.2, 0) is 52.3 Å². The highest BCUT2D eigenvalue weighted by Crippen LogP contribution is 2.34. The number of nitrogens with one attached hydrogen (secondary N) is 3. The summed E-state index contributed by atoms with van der Waals surface area (Å²) in [7, 11) is 0. The average molecular weight is 964 g/mol. The van der Waals surface area contributed by atoms with Gasteiger partial charge >= 0.3 is 0 Å². The molecule has 0 spiro atoms. The summed E-state index contributed by atoms with van der Waals surface area (Å²) in [6.45, 7) is 0.0666. The SMILES string of the molecule is CC(=O)N/C(=C(\O)[C@H](CO)CCO)[C@@H](O)OC1C(O)[C@H](O)C(CO)O[C@@H]1OCC1O[C@@H](O[C@@H]2C(CO)O[C@@H](O[C@@H]3C(CO)O[C@@H](C)C(NC(C)=O)C3O)C(NC(C)=O)C2O)C(O)C(O)[C@@H]1O. The predicted molar refractivity (Wildman–Crippen MR) is 211 cm³/mol. The molecule has 28 heteroatoms. The topological polar surface area (TPSA) is 444 Å². The monoisotopic (exact) mass is 963 g/mol. The smallest absolute Gasteiger partial charge is 0.221 e. The standard InChI is InChI=1S/C38H65N3O25/c1-12-21(39-13(2)47)27(53)32(18(9-45)60-12)65-36-23(41-15(4)49)28(54)33(19(10-46)62-36)66-37-31(57)29(55)26(52)20(63-37)11-59-38-34(30(56)25(51)17(8-44)61-38)64-35(58)22(40-14(3)48)24(50)16(7-43)5-6-42/h12,16-21,23,25-38,42-46,50-58H,5-11H2,1-4H3,(H,39,47)(H,40,48)(H,41,49)/b24-22-/t12-,16-,17?,18?,19?,20?,21?,23?,25+,26+,27?,28?,29?,30?,31?,32+,33+,34?,35-,36-,37-,38-/m0/s1. The van der Waals surface area contributed by atoms with Gasteiger partial charge in [0, 0.05) is 33.3 Å². The molecule has 4 aliphatic heterocycles. The third-order valence-corrected chi connectivity index (χ3v) is 11.4. The molecule has 0 aliphatic carbocycles. The fourth-order valence-corrected chi connectivity index (χ4v) is 7.98. The van der Waals surface area contributed by atoms with E-state index in [-0.39, 0.29) is 6.42 Å². The highest BCUT2D eigenvalue weighted by molar-refractivity contribution is 5.75. The highest BCUT2D eigenvalue weighted by atomic mass is 16.8. The van der Waals surface area contributed by atoms with Crippen LogP contribution in [0.3, 0.4) is 0 Å². The lowest BCUT2D eigenvalue weighted by molar-refractivity contribution is -0.366. The van der Waals surface area contributed by atoms with E-state index in [0.717, 1.165) is 13.8 Å². The van der Waals surface area contributed by atoms with Gasteiger partial charge in [0.1, 0.15) is 103 Å². The van der Waals surface area contributed by atoms with Crippen molar-refractivity contribution >= 4 is 17.7 Å². The van der Waals surface area contributed by atoms with Crippen LogP contribution >= 0.6 is 0 Å². The van der Waals surface area contributed by atoms with Crippen LogP contribution in [0.25, 0.3) is 0 Å². The van der Waals surface area contributed by atoms with E-state index < -0.39 is 204 Å². The van der Waals surface area contributed by atoms with Crippen LogP contribution in [0, 0.1) is 5.92 Å². The first-order chi connectivity index (χ1) is 31.1. The molecule has 0 aromatic carbocycles. The molecule has 4 aliphatic rings. The first-order valence-corrected chi connectivity index (χ1v) is 21.1. The molecule has 3 amide bonds. The molecular weight excluding hydrogens is 898 g/mol. The molecule has 28 nitrogen and oxygen atoms in total. The number of amides is 3. The van der Waals surface area contributed by atoms with E-state index in [0.29, 0.717) is 0 Å². The van der Waals surface area contributed by atoms with Crippen LogP contribution in [0.2, 0.25) is 0 Å². The lowest BCUT2D eigenvalue weighted by Crippen LogP contribution is -2.70. The Balaban J connectivity index is 1.56. The maximum Gasteiger partial charge on any atom is 0.221 e. The number of aliphatic hydroxyl groups excluding tert-OH is 14. The quantitative estimate of drug-likeness (QED) is 0.0398. The Morgan fingerprint density at radius 2 is 1.11 bits per heavy atom. The van der Waals surface area contributed by atoms with Crippen LogP contribution in [-0.4, -0.2) is 258 Å². The fraction of sp³-hybridized carbons (Fsp3) is 0.868. The minimum absolute atomic E-state index is 0.238. The van der Waals surface area contributed by atoms with E-state index in [2.05, 4.69) is 16.0 Å². The molecule has 4 saturated heterocycles. The Morgan fingerprint density at radius 1 is 0.591 bits per heavy atom. The third kappa shape index (κ3) is 13.2. The van der Waals surface area contributed by atoms with Crippen molar-refractivity contribution in [2.24, 2.45) is 5.92 Å². The second-order valence-corrected chi connectivity index (χ2v) is 16.3. The molecule has 66 heavy (non-hydrogen) atoms. The lowest BCUT2D eigenvalue weighted by Gasteiger charge is -2.49. The number of carbonyl (C=O) groups is 3. The molecule has 12 unspecified atom stereocenters. The maximum absolute atomic E-state index is 12.4. The summed E-state index contributed by atoms with van der Waals surface area (Å²) in [5, 5.41) is 156. The van der Waals surface area contributed by atoms with Crippen molar-refractivity contribution in [1.82, 2.24) is 16.0 Å². The fourth-order valence-electron chi connectivity index (χ4n) is 7.98. The third-order valence-electron chi connectivity index (χ3n) is 11.4. The van der Waals surface area contributed by atoms with Crippen molar-refractivity contribution in [2.45, 2.75) is 163 Å². The number of hydrogen-bond acceptors (Lipinski definition) is 25. The van der Waals surface area contributed by atoms with E-state index in [1.165, 1.54) is 13.8 Å². The Morgan fingerprint density at radius 3 is 1.65 bits per heavy atom. The molecule has 0 bridgehead atoms. The number of hydrogen-bond donors (Lipinski definition) is 17. The summed E-state index contributed by atoms with van der Waals surface area (Å²) < 4.78 is 46.0. The Hall–Kier alpha value is -2.89. The Kier molecular flexibility index (Phi) is 21.2. The number of carbonyl (C=O) groups excluding carboxylic acids is 3. The molecule has 382 valence electrons. The summed E-state index contributed by atoms with van der Waals surface area (Å²) in [4.78, 5) is 36.3. The van der Waals surface area contributed by atoms with Crippen molar-refractivity contribution in [3.8, 4) is 0 Å². The van der Waals surface area contributed by atoms with Crippen LogP contribution in [0.15, 0.2) is 11.5 Å². The normalized spacial score (nSPS) is 41.0. The first kappa shape index (κ1) is 55.7. The molecule has 0 radical (unpaired) electrons. The molecule has 0 saturated carbocycles. The van der Waals surface area contributed by atoms with Gasteiger partial charge in [-0.15, -0.1) is 0 Å². The van der Waals surface area contributed by atoms with Gasteiger partial charge < -0.3 is 125 Å². The van der Waals surface area contributed by atoms with Gasteiger partial charge in [0.05, 0.1) is 45.2 Å². The van der Waals surface area contributed by atoms with Crippen LogP contribution in [0.4, 0.5) is 0 Å². The van der Waals surface area contributed by atoms with Crippen molar-refractivity contribution < 1.29 is 124 Å². The van der Waals surface area contributed by atoms with E-state index in [4.69, 9.17) is 37.9 Å². The molecule has 17 N–H and O–H groups in total. The average Bonchev–Trinajstić information content (AvgIpc) is 3.27. The molecule has 4 heterocycles. The van der Waals surface area contributed by atoms with Gasteiger partial charge in [-0.05, 0) is 13.3 Å². The van der Waals surface area contributed by atoms with Crippen molar-refractivity contribution in [2.75, 3.05) is 39.6 Å². The Labute approximate surface area is 377 Å². The highest BCUT2D eigenvalue weighted by Gasteiger charge is 2.55. The van der Waals surface area contributed by atoms with Gasteiger partial charge in [-0.25, -0.2) is 0 Å². The van der Waals surface area contributed by atoms with Gasteiger partial charge in [-0.1, -0.05) is 0 Å². The van der Waals surface area contributed by atoms with Gasteiger partial charge in [0.25, 0.3) is 0 Å². The number of ether oxygens (including phenoxy) is 8. The zero-order valence-electron chi connectivity index (χ0n) is 36.4. The number of aliphatic hydroxyl groups is 14. The summed E-state index contributed by atoms with van der Waals surface area (Å²) in [5.74, 6) is -4.17. The van der Waals surface area contributed by atoms with Gasteiger partial charge in [0.15, 0.2) is 18.9 Å². The summed E-state index contributed by atoms with van der Waals surface area (Å²) in [6, 6.07) is -2.65. The van der Waals surface area contributed by atoms with E-state index >= 15 is 0 Å². The minimum Gasteiger partial charge on any atom is -0.510 e. The lowest BCUT2D eigenvalue weighted by atomic mass is 9.92. The summed E-state index contributed by atoms with van der Waals surface area (Å²) in [5.41, 5.74) is -0.739. The van der Waals surface area contributed by atoms with E-state index in [1.54, 1.807) is 0 Å². The maximum atomic E-state index is 12.4. The number of rotatable bonds is 20. The molecule has 0 aromatic rings. The van der Waals surface area contributed by atoms with Crippen molar-refractivity contribution in [3.63, 3.8) is 0 Å². The summed E-state index contributed by atoms with van der Waals surface area (Å²) in [6.07, 6.45) is -34.0. The van der Waals surface area contributed by atoms with Crippen LogP contribution in [0.1, 0.15) is 34.1 Å². The zero-order chi connectivity index (χ0) is 49.3. The molecular formula is C38H65N3O25. The van der Waals surface area contributed by atoms with Crippen LogP contribution < -0.4 is 16.0 Å².